The molecule has 0 atom stereocenters. The lowest BCUT2D eigenvalue weighted by molar-refractivity contribution is -0.153. The number of ether oxygens (including phenoxy) is 3. The van der Waals surface area contributed by atoms with Gasteiger partial charge in [-0.3, -0.25) is 4.79 Å². The monoisotopic (exact) mass is 342 g/mol. The van der Waals surface area contributed by atoms with Crippen molar-refractivity contribution in [2.24, 2.45) is 0 Å². The van der Waals surface area contributed by atoms with E-state index in [2.05, 4.69) is 0 Å². The highest BCUT2D eigenvalue weighted by Crippen LogP contribution is 2.23. The van der Waals surface area contributed by atoms with Crippen LogP contribution in [0, 0.1) is 0 Å². The van der Waals surface area contributed by atoms with Crippen LogP contribution in [-0.4, -0.2) is 18.7 Å². The van der Waals surface area contributed by atoms with Crippen LogP contribution in [0.15, 0.2) is 48.5 Å². The van der Waals surface area contributed by atoms with Crippen molar-refractivity contribution in [2.45, 2.75) is 46.0 Å². The molecule has 0 N–H and O–H groups in total. The molecule has 4 heteroatoms. The molecule has 0 saturated carbocycles. The predicted octanol–water partition coefficient (Wildman–Crippen LogP) is 4.30. The number of esters is 1. The average molecular weight is 342 g/mol. The zero-order chi connectivity index (χ0) is 18.3. The highest BCUT2D eigenvalue weighted by atomic mass is 16.6. The van der Waals surface area contributed by atoms with E-state index in [9.17, 15) is 4.79 Å². The van der Waals surface area contributed by atoms with E-state index in [1.807, 2.05) is 69.3 Å². The summed E-state index contributed by atoms with van der Waals surface area (Å²) >= 11 is 0. The molecule has 2 aromatic carbocycles. The first kappa shape index (κ1) is 19.0. The first-order valence-corrected chi connectivity index (χ1v) is 8.37. The van der Waals surface area contributed by atoms with Crippen LogP contribution >= 0.6 is 0 Å². The average Bonchev–Trinajstić information content (AvgIpc) is 2.55. The van der Waals surface area contributed by atoms with Gasteiger partial charge in [-0.15, -0.1) is 0 Å². The number of carbonyl (C=O) groups excluding carboxylic acids is 1. The van der Waals surface area contributed by atoms with E-state index in [0.717, 1.165) is 16.7 Å². The third-order valence-electron chi connectivity index (χ3n) is 3.49. The molecule has 0 aliphatic heterocycles. The molecule has 0 amide bonds. The van der Waals surface area contributed by atoms with Gasteiger partial charge in [-0.05, 0) is 38.0 Å². The van der Waals surface area contributed by atoms with Crippen molar-refractivity contribution in [3.8, 4) is 5.75 Å². The van der Waals surface area contributed by atoms with Gasteiger partial charge in [0, 0.05) is 5.56 Å². The SMILES string of the molecule is COc1cc(COCc2ccccc2)ccc1CC(=O)OC(C)(C)C. The van der Waals surface area contributed by atoms with E-state index in [1.165, 1.54) is 0 Å². The van der Waals surface area contributed by atoms with Crippen molar-refractivity contribution in [1.29, 1.82) is 0 Å². The highest BCUT2D eigenvalue weighted by Gasteiger charge is 2.18. The first-order chi connectivity index (χ1) is 11.9. The zero-order valence-corrected chi connectivity index (χ0v) is 15.4. The molecule has 0 radical (unpaired) electrons. The number of benzene rings is 2. The topological polar surface area (TPSA) is 44.8 Å². The Morgan fingerprint density at radius 3 is 2.28 bits per heavy atom. The molecule has 2 rings (SSSR count). The van der Waals surface area contributed by atoms with E-state index < -0.39 is 5.60 Å². The number of carbonyl (C=O) groups is 1. The zero-order valence-electron chi connectivity index (χ0n) is 15.4. The van der Waals surface area contributed by atoms with E-state index in [0.29, 0.717) is 19.0 Å². The number of hydrogen-bond donors (Lipinski definition) is 0. The van der Waals surface area contributed by atoms with Gasteiger partial charge < -0.3 is 14.2 Å². The maximum absolute atomic E-state index is 12.0. The van der Waals surface area contributed by atoms with Gasteiger partial charge in [0.1, 0.15) is 11.4 Å². The Bertz CT molecular complexity index is 687. The van der Waals surface area contributed by atoms with Crippen molar-refractivity contribution in [3.63, 3.8) is 0 Å². The Morgan fingerprint density at radius 2 is 1.64 bits per heavy atom. The second-order valence-corrected chi connectivity index (χ2v) is 6.89. The molecule has 4 nitrogen and oxygen atoms in total. The minimum Gasteiger partial charge on any atom is -0.496 e. The molecule has 0 saturated heterocycles. The van der Waals surface area contributed by atoms with Gasteiger partial charge in [-0.2, -0.15) is 0 Å². The van der Waals surface area contributed by atoms with E-state index in [-0.39, 0.29) is 12.4 Å². The van der Waals surface area contributed by atoms with Crippen molar-refractivity contribution >= 4 is 5.97 Å². The van der Waals surface area contributed by atoms with Crippen LogP contribution in [-0.2, 0) is 33.9 Å². The molecule has 0 heterocycles. The lowest BCUT2D eigenvalue weighted by Gasteiger charge is -2.20. The second kappa shape index (κ2) is 8.67. The standard InChI is InChI=1S/C21H26O4/c1-21(2,3)25-20(22)13-18-11-10-17(12-19(18)23-4)15-24-14-16-8-6-5-7-9-16/h5-12H,13-15H2,1-4H3. The maximum atomic E-state index is 12.0. The fraction of sp³-hybridized carbons (Fsp3) is 0.381. The summed E-state index contributed by atoms with van der Waals surface area (Å²) in [5, 5.41) is 0. The summed E-state index contributed by atoms with van der Waals surface area (Å²) < 4.78 is 16.5. The maximum Gasteiger partial charge on any atom is 0.310 e. The third-order valence-corrected chi connectivity index (χ3v) is 3.49. The van der Waals surface area contributed by atoms with Gasteiger partial charge in [0.05, 0.1) is 26.7 Å². The summed E-state index contributed by atoms with van der Waals surface area (Å²) in [5.74, 6) is 0.408. The molecular weight excluding hydrogens is 316 g/mol. The molecule has 0 aliphatic rings. The highest BCUT2D eigenvalue weighted by molar-refractivity contribution is 5.74. The van der Waals surface area contributed by atoms with Gasteiger partial charge in [-0.25, -0.2) is 0 Å². The summed E-state index contributed by atoms with van der Waals surface area (Å²) in [6.07, 6.45) is 0.186. The van der Waals surface area contributed by atoms with Crippen LogP contribution < -0.4 is 4.74 Å². The van der Waals surface area contributed by atoms with E-state index in [4.69, 9.17) is 14.2 Å². The van der Waals surface area contributed by atoms with Crippen molar-refractivity contribution in [2.75, 3.05) is 7.11 Å². The largest absolute Gasteiger partial charge is 0.496 e. The molecule has 2 aromatic rings. The second-order valence-electron chi connectivity index (χ2n) is 6.89. The molecular formula is C21H26O4. The van der Waals surface area contributed by atoms with Crippen LogP contribution in [0.3, 0.4) is 0 Å². The molecule has 0 unspecified atom stereocenters. The minimum atomic E-state index is -0.491. The Balaban J connectivity index is 1.95. The third kappa shape index (κ3) is 6.59. The lowest BCUT2D eigenvalue weighted by Crippen LogP contribution is -2.25. The molecule has 0 spiro atoms. The van der Waals surface area contributed by atoms with Gasteiger partial charge in [0.25, 0.3) is 0 Å². The van der Waals surface area contributed by atoms with Gasteiger partial charge in [0.2, 0.25) is 0 Å². The molecule has 0 fully saturated rings. The first-order valence-electron chi connectivity index (χ1n) is 8.37. The van der Waals surface area contributed by atoms with E-state index in [1.54, 1.807) is 7.11 Å². The number of rotatable bonds is 7. The summed E-state index contributed by atoms with van der Waals surface area (Å²) in [6.45, 7) is 6.61. The quantitative estimate of drug-likeness (QED) is 0.704. The Kier molecular flexibility index (Phi) is 6.59. The smallest absolute Gasteiger partial charge is 0.310 e. The predicted molar refractivity (Wildman–Crippen MR) is 97.5 cm³/mol. The van der Waals surface area contributed by atoms with Gasteiger partial charge in [-0.1, -0.05) is 42.5 Å². The van der Waals surface area contributed by atoms with Crippen molar-refractivity contribution < 1.29 is 19.0 Å². The van der Waals surface area contributed by atoms with Gasteiger partial charge in [0.15, 0.2) is 0 Å². The normalized spacial score (nSPS) is 11.2. The Morgan fingerprint density at radius 1 is 0.960 bits per heavy atom. The molecule has 0 bridgehead atoms. The fourth-order valence-electron chi connectivity index (χ4n) is 2.42. The molecule has 0 aromatic heterocycles. The lowest BCUT2D eigenvalue weighted by atomic mass is 10.1. The summed E-state index contributed by atoms with van der Waals surface area (Å²) in [6, 6.07) is 15.8. The van der Waals surface area contributed by atoms with Crippen LogP contribution in [0.4, 0.5) is 0 Å². The van der Waals surface area contributed by atoms with Crippen LogP contribution in [0.1, 0.15) is 37.5 Å². The van der Waals surface area contributed by atoms with Crippen LogP contribution in [0.25, 0.3) is 0 Å². The fourth-order valence-corrected chi connectivity index (χ4v) is 2.42. The van der Waals surface area contributed by atoms with Crippen molar-refractivity contribution in [3.05, 3.63) is 65.2 Å². The van der Waals surface area contributed by atoms with Crippen LogP contribution in [0.2, 0.25) is 0 Å². The summed E-state index contributed by atoms with van der Waals surface area (Å²) in [7, 11) is 1.60. The molecule has 0 aliphatic carbocycles. The number of methoxy groups -OCH3 is 1. The summed E-state index contributed by atoms with van der Waals surface area (Å²) in [4.78, 5) is 12.0. The van der Waals surface area contributed by atoms with Crippen LogP contribution in [0.5, 0.6) is 5.75 Å². The molecule has 134 valence electrons. The Hall–Kier alpha value is -2.33. The van der Waals surface area contributed by atoms with Gasteiger partial charge >= 0.3 is 5.97 Å². The minimum absolute atomic E-state index is 0.186. The van der Waals surface area contributed by atoms with E-state index >= 15 is 0 Å². The Labute approximate surface area is 149 Å². The number of hydrogen-bond acceptors (Lipinski definition) is 4. The molecule has 25 heavy (non-hydrogen) atoms. The van der Waals surface area contributed by atoms with Crippen molar-refractivity contribution in [1.82, 2.24) is 0 Å². The summed E-state index contributed by atoms with van der Waals surface area (Å²) in [5.41, 5.74) is 2.45.